The van der Waals surface area contributed by atoms with Crippen LogP contribution in [0.3, 0.4) is 0 Å². The van der Waals surface area contributed by atoms with E-state index in [0.29, 0.717) is 20.8 Å². The van der Waals surface area contributed by atoms with Gasteiger partial charge in [-0.3, -0.25) is 18.8 Å². The van der Waals surface area contributed by atoms with Crippen molar-refractivity contribution in [2.24, 2.45) is 11.8 Å². The molecule has 0 radical (unpaired) electrons. The number of aliphatic hydroxyl groups is 1. The zero-order valence-electron chi connectivity index (χ0n) is 22.6. The number of carbonyl (C=O) groups is 5. The number of fused-ring (bicyclic) bond motifs is 3. The van der Waals surface area contributed by atoms with Gasteiger partial charge >= 0.3 is 11.9 Å². The first-order chi connectivity index (χ1) is 19.5. The van der Waals surface area contributed by atoms with Crippen molar-refractivity contribution in [2.75, 3.05) is 14.1 Å². The standard InChI is InChI=1S/C28H26N4O8S/c1-12-19(17-10-31-11-29-21(25(31)41-17)16(34)9-18(35)30(3)4)23(32-22(12)20(13(2)33)24(32)36)27(38)40-28-15-8-6-5-7-14(15)26(37)39-28/h5-8,10-13,20,22,28,33H,9H2,1-4H3/t12-,13+,20+,22+,28?/m0/s1. The summed E-state index contributed by atoms with van der Waals surface area (Å²) in [6, 6.07) is 6.08. The van der Waals surface area contributed by atoms with E-state index in [9.17, 15) is 29.1 Å². The van der Waals surface area contributed by atoms with Gasteiger partial charge in [0.2, 0.25) is 11.8 Å². The maximum atomic E-state index is 13.7. The molecule has 1 aromatic carbocycles. The van der Waals surface area contributed by atoms with E-state index >= 15 is 0 Å². The Balaban J connectivity index is 1.39. The van der Waals surface area contributed by atoms with E-state index in [0.717, 1.165) is 0 Å². The number of imidazole rings is 1. The fourth-order valence-corrected chi connectivity index (χ4v) is 6.97. The van der Waals surface area contributed by atoms with E-state index in [2.05, 4.69) is 4.98 Å². The number of rotatable bonds is 7. The van der Waals surface area contributed by atoms with Crippen molar-refractivity contribution in [2.45, 2.75) is 38.7 Å². The van der Waals surface area contributed by atoms with Crippen LogP contribution in [0.2, 0.25) is 0 Å². The molecule has 2 aromatic heterocycles. The van der Waals surface area contributed by atoms with Crippen LogP contribution < -0.4 is 0 Å². The Bertz CT molecular complexity index is 1680. The van der Waals surface area contributed by atoms with Crippen LogP contribution in [0, 0.1) is 11.8 Å². The number of carbonyl (C=O) groups excluding carboxylic acids is 5. The van der Waals surface area contributed by atoms with E-state index in [1.54, 1.807) is 49.0 Å². The summed E-state index contributed by atoms with van der Waals surface area (Å²) in [5.74, 6) is -3.77. The first kappa shape index (κ1) is 26.8. The lowest BCUT2D eigenvalue weighted by molar-refractivity contribution is -0.173. The second-order valence-electron chi connectivity index (χ2n) is 10.5. The summed E-state index contributed by atoms with van der Waals surface area (Å²) in [6.45, 7) is 3.39. The summed E-state index contributed by atoms with van der Waals surface area (Å²) in [4.78, 5) is 72.1. The molecule has 0 saturated carbocycles. The molecule has 5 atom stereocenters. The van der Waals surface area contributed by atoms with E-state index in [1.165, 1.54) is 34.4 Å². The Morgan fingerprint density at radius 1 is 1.22 bits per heavy atom. The zero-order chi connectivity index (χ0) is 29.3. The number of hydrogen-bond acceptors (Lipinski definition) is 10. The van der Waals surface area contributed by atoms with Crippen LogP contribution in [-0.2, 0) is 23.9 Å². The highest BCUT2D eigenvalue weighted by Gasteiger charge is 2.60. The number of thiazole rings is 1. The summed E-state index contributed by atoms with van der Waals surface area (Å²) >= 11 is 1.19. The lowest BCUT2D eigenvalue weighted by Crippen LogP contribution is -2.63. The lowest BCUT2D eigenvalue weighted by Gasteiger charge is -2.46. The molecule has 3 aromatic rings. The van der Waals surface area contributed by atoms with Gasteiger partial charge in [-0.1, -0.05) is 25.1 Å². The van der Waals surface area contributed by atoms with Gasteiger partial charge in [-0.2, -0.15) is 0 Å². The average molecular weight is 579 g/mol. The highest BCUT2D eigenvalue weighted by Crippen LogP contribution is 2.52. The molecule has 1 unspecified atom stereocenters. The number of ketones is 1. The quantitative estimate of drug-likeness (QED) is 0.192. The van der Waals surface area contributed by atoms with Gasteiger partial charge in [-0.05, 0) is 13.0 Å². The first-order valence-corrected chi connectivity index (χ1v) is 13.8. The maximum absolute atomic E-state index is 13.7. The fraction of sp³-hybridized carbons (Fsp3) is 0.357. The molecule has 5 heterocycles. The van der Waals surface area contributed by atoms with Crippen molar-refractivity contribution in [3.05, 3.63) is 64.2 Å². The molecule has 2 amide bonds. The van der Waals surface area contributed by atoms with Crippen LogP contribution >= 0.6 is 11.3 Å². The number of esters is 2. The third-order valence-corrected chi connectivity index (χ3v) is 8.92. The van der Waals surface area contributed by atoms with Crippen molar-refractivity contribution in [3.63, 3.8) is 0 Å². The summed E-state index contributed by atoms with van der Waals surface area (Å²) < 4.78 is 12.6. The summed E-state index contributed by atoms with van der Waals surface area (Å²) in [5.41, 5.74) is 1.32. The van der Waals surface area contributed by atoms with Crippen LogP contribution in [0.4, 0.5) is 0 Å². The van der Waals surface area contributed by atoms with Gasteiger partial charge in [0.15, 0.2) is 5.78 Å². The smallest absolute Gasteiger partial charge is 0.358 e. The molecule has 3 aliphatic rings. The van der Waals surface area contributed by atoms with Gasteiger partial charge in [0, 0.05) is 37.3 Å². The minimum Gasteiger partial charge on any atom is -0.417 e. The van der Waals surface area contributed by atoms with Crippen molar-refractivity contribution in [1.82, 2.24) is 19.2 Å². The molecule has 212 valence electrons. The van der Waals surface area contributed by atoms with E-state index < -0.39 is 48.0 Å². The number of aromatic nitrogens is 2. The Morgan fingerprint density at radius 3 is 2.66 bits per heavy atom. The predicted octanol–water partition coefficient (Wildman–Crippen LogP) is 2.04. The first-order valence-electron chi connectivity index (χ1n) is 13.0. The molecule has 0 spiro atoms. The third-order valence-electron chi connectivity index (χ3n) is 7.78. The van der Waals surface area contributed by atoms with Gasteiger partial charge < -0.3 is 24.4 Å². The fourth-order valence-electron chi connectivity index (χ4n) is 5.73. The second kappa shape index (κ2) is 9.63. The largest absolute Gasteiger partial charge is 0.417 e. The molecule has 12 nitrogen and oxygen atoms in total. The van der Waals surface area contributed by atoms with E-state index in [-0.39, 0.29) is 35.2 Å². The van der Waals surface area contributed by atoms with Crippen LogP contribution in [0.5, 0.6) is 0 Å². The molecule has 6 rings (SSSR count). The van der Waals surface area contributed by atoms with E-state index in [4.69, 9.17) is 9.47 Å². The average Bonchev–Trinajstić information content (AvgIpc) is 3.64. The SMILES string of the molecule is C[C@@H](O)[C@H]1C(=O)N2C(C(=O)OC3OC(=O)c4ccccc43)=C(c3cn4cnc(C(=O)CC(=O)N(C)C)c4s3)[C@H](C)[C@H]12. The number of β-lactam (4-membered cyclic amide) rings is 1. The monoisotopic (exact) mass is 578 g/mol. The number of Topliss-reactive ketones (excluding diaryl/α,β-unsaturated/α-hetero) is 1. The van der Waals surface area contributed by atoms with Gasteiger partial charge in [-0.25, -0.2) is 14.6 Å². The highest BCUT2D eigenvalue weighted by molar-refractivity contribution is 7.18. The van der Waals surface area contributed by atoms with Gasteiger partial charge in [0.1, 0.15) is 22.5 Å². The molecule has 13 heteroatoms. The predicted molar refractivity (Wildman–Crippen MR) is 143 cm³/mol. The molecule has 1 N–H and O–H groups in total. The lowest BCUT2D eigenvalue weighted by atomic mass is 9.77. The minimum absolute atomic E-state index is 0.00189. The number of hydrogen-bond donors (Lipinski definition) is 1. The summed E-state index contributed by atoms with van der Waals surface area (Å²) in [5, 5.41) is 10.3. The minimum atomic E-state index is -1.28. The van der Waals surface area contributed by atoms with Crippen LogP contribution in [0.1, 0.15) is 57.8 Å². The second-order valence-corrected chi connectivity index (χ2v) is 11.6. The molecule has 1 fully saturated rings. The van der Waals surface area contributed by atoms with Crippen LogP contribution in [0.15, 0.2) is 42.5 Å². The normalized spacial score (nSPS) is 23.7. The number of aliphatic hydroxyl groups excluding tert-OH is 1. The topological polar surface area (TPSA) is 148 Å². The van der Waals surface area contributed by atoms with Crippen molar-refractivity contribution in [1.29, 1.82) is 0 Å². The van der Waals surface area contributed by atoms with Crippen LogP contribution in [0.25, 0.3) is 10.4 Å². The summed E-state index contributed by atoms with van der Waals surface area (Å²) in [6.07, 6.45) is 0.599. The number of nitrogens with zero attached hydrogens (tertiary/aromatic N) is 4. The number of ether oxygens (including phenoxy) is 2. The molecule has 0 bridgehead atoms. The molecule has 41 heavy (non-hydrogen) atoms. The number of cyclic esters (lactones) is 1. The molecule has 0 aliphatic carbocycles. The molecule has 1 saturated heterocycles. The van der Waals surface area contributed by atoms with Crippen LogP contribution in [-0.4, -0.2) is 80.1 Å². The van der Waals surface area contributed by atoms with Gasteiger partial charge in [-0.15, -0.1) is 11.3 Å². The van der Waals surface area contributed by atoms with Gasteiger partial charge in [0.05, 0.1) is 34.9 Å². The number of benzene rings is 1. The zero-order valence-corrected chi connectivity index (χ0v) is 23.4. The Morgan fingerprint density at radius 2 is 1.95 bits per heavy atom. The highest BCUT2D eigenvalue weighted by atomic mass is 32.1. The van der Waals surface area contributed by atoms with Crippen molar-refractivity contribution in [3.8, 4) is 0 Å². The third kappa shape index (κ3) is 4.06. The maximum Gasteiger partial charge on any atom is 0.358 e. The number of amides is 2. The van der Waals surface area contributed by atoms with Crippen molar-refractivity contribution < 1.29 is 38.6 Å². The van der Waals surface area contributed by atoms with Crippen molar-refractivity contribution >= 4 is 51.3 Å². The Labute approximate surface area is 237 Å². The molecular weight excluding hydrogens is 552 g/mol. The Kier molecular flexibility index (Phi) is 6.30. The summed E-state index contributed by atoms with van der Waals surface area (Å²) in [7, 11) is 3.12. The molecular formula is C28H26N4O8S. The van der Waals surface area contributed by atoms with Gasteiger partial charge in [0.25, 0.3) is 6.29 Å². The van der Waals surface area contributed by atoms with E-state index in [1.807, 2.05) is 6.92 Å². The Hall–Kier alpha value is -4.36. The molecule has 3 aliphatic heterocycles.